The number of allylic oxidation sites excluding steroid dienone is 4. The largest absolute Gasteiger partial charge is 0.458 e. The van der Waals surface area contributed by atoms with Crippen LogP contribution >= 0.6 is 0 Å². The standard InChI is InChI=1S/C22H20F4/c1-15-4-6-18(7-5-15)8-9-19-10-11-20(17(3)14-19)21(23)16(2)12-13-22(24,25)26/h6,8-11,14-15H,2-5,7H2,1H3/b9-8+,21-20+. The highest BCUT2D eigenvalue weighted by Crippen LogP contribution is 2.24. The molecular weight excluding hydrogens is 340 g/mol. The van der Waals surface area contributed by atoms with E-state index in [2.05, 4.69) is 26.2 Å². The van der Waals surface area contributed by atoms with Crippen LogP contribution < -0.4 is 10.4 Å². The highest BCUT2D eigenvalue weighted by molar-refractivity contribution is 5.65. The van der Waals surface area contributed by atoms with E-state index in [-0.39, 0.29) is 5.22 Å². The Balaban J connectivity index is 2.25. The van der Waals surface area contributed by atoms with Gasteiger partial charge in [-0.3, -0.25) is 0 Å². The van der Waals surface area contributed by atoms with Gasteiger partial charge in [0.2, 0.25) is 0 Å². The molecular formula is C22H20F4. The minimum Gasteiger partial charge on any atom is -0.205 e. The van der Waals surface area contributed by atoms with Gasteiger partial charge in [0.1, 0.15) is 5.83 Å². The normalized spacial score (nSPS) is 18.8. The lowest BCUT2D eigenvalue weighted by Crippen LogP contribution is -2.25. The Kier molecular flexibility index (Phi) is 6.26. The van der Waals surface area contributed by atoms with E-state index in [4.69, 9.17) is 0 Å². The second-order valence-electron chi connectivity index (χ2n) is 6.45. The number of alkyl halides is 3. The van der Waals surface area contributed by atoms with E-state index in [1.165, 1.54) is 11.6 Å². The van der Waals surface area contributed by atoms with Crippen molar-refractivity contribution in [2.45, 2.75) is 32.4 Å². The minimum atomic E-state index is -4.68. The average molecular weight is 360 g/mol. The van der Waals surface area contributed by atoms with Gasteiger partial charge in [-0.15, -0.1) is 0 Å². The molecule has 0 amide bonds. The molecule has 0 radical (unpaired) electrons. The quantitative estimate of drug-likeness (QED) is 0.522. The maximum absolute atomic E-state index is 14.3. The molecule has 0 fully saturated rings. The van der Waals surface area contributed by atoms with Crippen LogP contribution in [0.3, 0.4) is 0 Å². The van der Waals surface area contributed by atoms with Crippen LogP contribution in [0, 0.1) is 17.8 Å². The van der Waals surface area contributed by atoms with Gasteiger partial charge >= 0.3 is 6.18 Å². The molecule has 1 aromatic carbocycles. The number of rotatable bonds is 3. The Morgan fingerprint density at radius 1 is 1.27 bits per heavy atom. The van der Waals surface area contributed by atoms with E-state index in [1.54, 1.807) is 18.1 Å². The Morgan fingerprint density at radius 3 is 2.58 bits per heavy atom. The zero-order chi connectivity index (χ0) is 19.3. The second-order valence-corrected chi connectivity index (χ2v) is 6.45. The molecule has 0 aromatic heterocycles. The van der Waals surface area contributed by atoms with Crippen molar-refractivity contribution in [2.24, 2.45) is 5.92 Å². The van der Waals surface area contributed by atoms with Crippen molar-refractivity contribution < 1.29 is 17.6 Å². The Morgan fingerprint density at radius 2 is 2.00 bits per heavy atom. The van der Waals surface area contributed by atoms with Gasteiger partial charge in [0.05, 0.1) is 5.57 Å². The highest BCUT2D eigenvalue weighted by atomic mass is 19.4. The first-order valence-electron chi connectivity index (χ1n) is 8.31. The predicted molar refractivity (Wildman–Crippen MR) is 98.8 cm³/mol. The molecule has 1 atom stereocenters. The molecule has 2 rings (SSSR count). The van der Waals surface area contributed by atoms with E-state index in [0.717, 1.165) is 30.7 Å². The molecule has 1 aromatic rings. The fraction of sp³-hybridized carbons (Fsp3) is 0.273. The minimum absolute atomic E-state index is 0.0920. The van der Waals surface area contributed by atoms with Crippen LogP contribution in [0.25, 0.3) is 18.5 Å². The number of halogens is 4. The molecule has 0 spiro atoms. The van der Waals surface area contributed by atoms with Crippen LogP contribution in [0.5, 0.6) is 0 Å². The van der Waals surface area contributed by atoms with Crippen LogP contribution in [0.15, 0.2) is 48.1 Å². The average Bonchev–Trinajstić information content (AvgIpc) is 2.58. The van der Waals surface area contributed by atoms with Crippen LogP contribution in [-0.2, 0) is 0 Å². The van der Waals surface area contributed by atoms with Gasteiger partial charge in [-0.25, -0.2) is 4.39 Å². The smallest absolute Gasteiger partial charge is 0.205 e. The molecule has 136 valence electrons. The highest BCUT2D eigenvalue weighted by Gasteiger charge is 2.23. The van der Waals surface area contributed by atoms with Crippen molar-refractivity contribution in [1.29, 1.82) is 0 Å². The van der Waals surface area contributed by atoms with Gasteiger partial charge in [0, 0.05) is 11.1 Å². The van der Waals surface area contributed by atoms with Crippen LogP contribution in [-0.4, -0.2) is 6.18 Å². The molecule has 0 nitrogen and oxygen atoms in total. The topological polar surface area (TPSA) is 0 Å². The van der Waals surface area contributed by atoms with Gasteiger partial charge in [-0.2, -0.15) is 13.2 Å². The Hall–Kier alpha value is -2.54. The fourth-order valence-corrected chi connectivity index (χ4v) is 2.64. The van der Waals surface area contributed by atoms with Gasteiger partial charge in [-0.1, -0.05) is 61.9 Å². The van der Waals surface area contributed by atoms with Crippen LogP contribution in [0.1, 0.15) is 31.7 Å². The number of benzene rings is 1. The molecule has 0 bridgehead atoms. The summed E-state index contributed by atoms with van der Waals surface area (Å²) < 4.78 is 50.6. The summed E-state index contributed by atoms with van der Waals surface area (Å²) in [6, 6.07) is 4.85. The third kappa shape index (κ3) is 5.77. The second kappa shape index (κ2) is 8.23. The molecule has 1 aliphatic rings. The fourth-order valence-electron chi connectivity index (χ4n) is 2.64. The van der Waals surface area contributed by atoms with E-state index in [9.17, 15) is 17.6 Å². The molecule has 1 unspecified atom stereocenters. The lowest BCUT2D eigenvalue weighted by molar-refractivity contribution is -0.0696. The molecule has 1 aliphatic carbocycles. The van der Waals surface area contributed by atoms with Crippen molar-refractivity contribution in [3.8, 4) is 11.8 Å². The first kappa shape index (κ1) is 19.8. The maximum Gasteiger partial charge on any atom is 0.458 e. The summed E-state index contributed by atoms with van der Waals surface area (Å²) in [5, 5.41) is 0.459. The predicted octanol–water partition coefficient (Wildman–Crippen LogP) is 5.06. The van der Waals surface area contributed by atoms with Gasteiger partial charge in [0.25, 0.3) is 0 Å². The summed E-state index contributed by atoms with van der Waals surface area (Å²) >= 11 is 0. The third-order valence-electron chi connectivity index (χ3n) is 4.18. The summed E-state index contributed by atoms with van der Waals surface area (Å²) in [6.45, 7) is 9.27. The van der Waals surface area contributed by atoms with Crippen LogP contribution in [0.4, 0.5) is 17.6 Å². The summed E-state index contributed by atoms with van der Waals surface area (Å²) in [5.41, 5.74) is 1.60. The summed E-state index contributed by atoms with van der Waals surface area (Å²) in [4.78, 5) is 0. The number of hydrogen-bond acceptors (Lipinski definition) is 0. The molecule has 0 N–H and O–H groups in total. The van der Waals surface area contributed by atoms with Crippen molar-refractivity contribution in [3.05, 3.63) is 64.1 Å². The zero-order valence-electron chi connectivity index (χ0n) is 14.6. The van der Waals surface area contributed by atoms with E-state index < -0.39 is 17.6 Å². The number of hydrogen-bond donors (Lipinski definition) is 0. The van der Waals surface area contributed by atoms with Crippen molar-refractivity contribution in [3.63, 3.8) is 0 Å². The molecule has 26 heavy (non-hydrogen) atoms. The van der Waals surface area contributed by atoms with E-state index in [1.807, 2.05) is 12.2 Å². The summed E-state index contributed by atoms with van der Waals surface area (Å²) in [7, 11) is 0. The molecule has 0 heterocycles. The van der Waals surface area contributed by atoms with Crippen molar-refractivity contribution >= 4 is 18.5 Å². The summed E-state index contributed by atoms with van der Waals surface area (Å²) in [5.74, 6) is 2.53. The van der Waals surface area contributed by atoms with E-state index >= 15 is 0 Å². The third-order valence-corrected chi connectivity index (χ3v) is 4.18. The lowest BCUT2D eigenvalue weighted by Gasteiger charge is -2.15. The van der Waals surface area contributed by atoms with Gasteiger partial charge in [0.15, 0.2) is 0 Å². The van der Waals surface area contributed by atoms with Crippen molar-refractivity contribution in [1.82, 2.24) is 0 Å². The van der Waals surface area contributed by atoms with Crippen LogP contribution in [0.2, 0.25) is 0 Å². The van der Waals surface area contributed by atoms with Gasteiger partial charge < -0.3 is 0 Å². The molecule has 0 aliphatic heterocycles. The van der Waals surface area contributed by atoms with Crippen molar-refractivity contribution in [2.75, 3.05) is 0 Å². The molecule has 0 saturated carbocycles. The SMILES string of the molecule is C=C(C#CC(F)(F)F)/C(F)=c1/ccc(/C=C/C2=CCC(C)CC2)cc1=C. The summed E-state index contributed by atoms with van der Waals surface area (Å²) in [6.07, 6.45) is 4.77. The lowest BCUT2D eigenvalue weighted by atomic mass is 9.91. The van der Waals surface area contributed by atoms with Gasteiger partial charge in [-0.05, 0) is 42.0 Å². The molecule has 0 saturated heterocycles. The first-order chi connectivity index (χ1) is 12.2. The molecule has 4 heteroatoms. The zero-order valence-corrected chi connectivity index (χ0v) is 14.6. The Labute approximate surface area is 150 Å². The van der Waals surface area contributed by atoms with E-state index in [0.29, 0.717) is 11.1 Å². The monoisotopic (exact) mass is 360 g/mol. The maximum atomic E-state index is 14.3. The first-order valence-corrected chi connectivity index (χ1v) is 8.31. The Bertz CT molecular complexity index is 918.